The van der Waals surface area contributed by atoms with Crippen LogP contribution in [0.25, 0.3) is 0 Å². The van der Waals surface area contributed by atoms with E-state index in [0.29, 0.717) is 38.8 Å². The lowest BCUT2D eigenvalue weighted by Crippen LogP contribution is -2.35. The van der Waals surface area contributed by atoms with Gasteiger partial charge in [0.05, 0.1) is 6.04 Å². The van der Waals surface area contributed by atoms with Crippen LogP contribution >= 0.6 is 7.60 Å². The molecule has 1 fully saturated rings. The number of carbonyl (C=O) groups is 1. The van der Waals surface area contributed by atoms with Gasteiger partial charge in [-0.05, 0) is 12.8 Å². The van der Waals surface area contributed by atoms with Gasteiger partial charge in [0.15, 0.2) is 0 Å². The van der Waals surface area contributed by atoms with Crippen LogP contribution in [-0.2, 0) is 10.5 Å². The summed E-state index contributed by atoms with van der Waals surface area (Å²) in [6, 6.07) is 6.43. The molecule has 2 rings (SSSR count). The number of likely N-dealkylation sites (N-methyl/N-ethyl adjacent to an activating group) is 1. The van der Waals surface area contributed by atoms with Crippen molar-refractivity contribution in [3.8, 4) is 0 Å². The molecular weight excluding hydrogens is 417 g/mol. The SMILES string of the molecule is CN1C[C@H](/C=C/C(O)C(F)(F)c2ccccc2)N(CCCCCCP(=O)(O)O)C1=O. The van der Waals surface area contributed by atoms with Crippen LogP contribution in [0, 0.1) is 0 Å². The molecule has 0 bridgehead atoms. The molecule has 1 aromatic carbocycles. The molecule has 1 aliphatic rings. The van der Waals surface area contributed by atoms with Crippen LogP contribution < -0.4 is 0 Å². The number of hydrogen-bond acceptors (Lipinski definition) is 3. The highest BCUT2D eigenvalue weighted by Crippen LogP contribution is 2.35. The first-order chi connectivity index (χ1) is 14.0. The van der Waals surface area contributed by atoms with E-state index in [0.717, 1.165) is 6.08 Å². The number of carbonyl (C=O) groups excluding carboxylic acids is 1. The monoisotopic (exact) mass is 446 g/mol. The van der Waals surface area contributed by atoms with Crippen LogP contribution in [0.5, 0.6) is 0 Å². The minimum atomic E-state index is -3.98. The van der Waals surface area contributed by atoms with Crippen molar-refractivity contribution in [2.75, 3.05) is 26.3 Å². The summed E-state index contributed by atoms with van der Waals surface area (Å²) in [6.07, 6.45) is 2.67. The van der Waals surface area contributed by atoms with Crippen LogP contribution in [0.2, 0.25) is 0 Å². The van der Waals surface area contributed by atoms with Gasteiger partial charge in [0, 0.05) is 31.9 Å². The second-order valence-corrected chi connectivity index (χ2v) is 9.32. The molecule has 0 spiro atoms. The maximum absolute atomic E-state index is 14.4. The molecule has 0 aliphatic carbocycles. The van der Waals surface area contributed by atoms with Crippen molar-refractivity contribution in [2.24, 2.45) is 0 Å². The minimum absolute atomic E-state index is 0.155. The summed E-state index contributed by atoms with van der Waals surface area (Å²) < 4.78 is 39.7. The molecule has 7 nitrogen and oxygen atoms in total. The second-order valence-electron chi connectivity index (χ2n) is 7.55. The van der Waals surface area contributed by atoms with Gasteiger partial charge in [-0.1, -0.05) is 55.3 Å². The Morgan fingerprint density at radius 3 is 2.47 bits per heavy atom. The molecule has 168 valence electrons. The summed E-state index contributed by atoms with van der Waals surface area (Å²) >= 11 is 0. The van der Waals surface area contributed by atoms with E-state index in [1.54, 1.807) is 18.0 Å². The maximum Gasteiger partial charge on any atom is 0.325 e. The molecule has 1 unspecified atom stereocenters. The third-order valence-corrected chi connectivity index (χ3v) is 5.98. The predicted molar refractivity (Wildman–Crippen MR) is 109 cm³/mol. The molecule has 30 heavy (non-hydrogen) atoms. The number of aliphatic hydroxyl groups is 1. The lowest BCUT2D eigenvalue weighted by Gasteiger charge is -2.23. The molecule has 0 saturated carbocycles. The van der Waals surface area contributed by atoms with E-state index in [2.05, 4.69) is 0 Å². The molecule has 1 saturated heterocycles. The Morgan fingerprint density at radius 2 is 1.83 bits per heavy atom. The van der Waals surface area contributed by atoms with Gasteiger partial charge in [-0.3, -0.25) is 4.57 Å². The number of unbranched alkanes of at least 4 members (excludes halogenated alkanes) is 3. The molecule has 1 aromatic rings. The number of alkyl halides is 2. The van der Waals surface area contributed by atoms with E-state index < -0.39 is 25.7 Å². The first-order valence-corrected chi connectivity index (χ1v) is 11.7. The summed E-state index contributed by atoms with van der Waals surface area (Å²) in [4.78, 5) is 33.1. The van der Waals surface area contributed by atoms with Crippen molar-refractivity contribution < 1.29 is 33.0 Å². The predicted octanol–water partition coefficient (Wildman–Crippen LogP) is 3.17. The number of hydrogen-bond donors (Lipinski definition) is 3. The largest absolute Gasteiger partial charge is 0.382 e. The molecule has 1 aliphatic heterocycles. The third kappa shape index (κ3) is 6.87. The van der Waals surface area contributed by atoms with Crippen LogP contribution in [0.1, 0.15) is 31.2 Å². The zero-order valence-corrected chi connectivity index (χ0v) is 17.8. The number of nitrogens with zero attached hydrogens (tertiary/aromatic N) is 2. The smallest absolute Gasteiger partial charge is 0.325 e. The van der Waals surface area contributed by atoms with Gasteiger partial charge in [-0.15, -0.1) is 0 Å². The topological polar surface area (TPSA) is 101 Å². The number of benzene rings is 1. The molecule has 0 radical (unpaired) electrons. The third-order valence-electron chi connectivity index (χ3n) is 5.08. The standard InChI is InChI=1S/C20H29F2N2O5P/c1-23-15-17(11-12-18(25)20(21,22)16-9-5-4-6-10-16)24(19(23)26)13-7-2-3-8-14-30(27,28)29/h4-6,9-12,17-18,25H,2-3,7-8,13-15H2,1H3,(H2,27,28,29)/b12-11+/t17-,18?/m0/s1. The molecule has 2 amide bonds. The highest BCUT2D eigenvalue weighted by Gasteiger charge is 2.39. The van der Waals surface area contributed by atoms with Gasteiger partial charge < -0.3 is 24.7 Å². The Bertz CT molecular complexity index is 772. The summed E-state index contributed by atoms with van der Waals surface area (Å²) in [5.41, 5.74) is -0.283. The number of aliphatic hydroxyl groups excluding tert-OH is 1. The summed E-state index contributed by atoms with van der Waals surface area (Å²) in [7, 11) is -2.36. The first kappa shape index (κ1) is 24.5. The summed E-state index contributed by atoms with van der Waals surface area (Å²) in [5.74, 6) is -3.45. The van der Waals surface area contributed by atoms with Gasteiger partial charge in [0.2, 0.25) is 0 Å². The van der Waals surface area contributed by atoms with Crippen molar-refractivity contribution >= 4 is 13.6 Å². The normalized spacial score (nSPS) is 19.1. The van der Waals surface area contributed by atoms with Crippen LogP contribution in [0.3, 0.4) is 0 Å². The molecular formula is C20H29F2N2O5P. The molecule has 3 N–H and O–H groups in total. The quantitative estimate of drug-likeness (QED) is 0.275. The molecule has 2 atom stereocenters. The van der Waals surface area contributed by atoms with Crippen molar-refractivity contribution in [1.29, 1.82) is 0 Å². The van der Waals surface area contributed by atoms with E-state index in [9.17, 15) is 23.2 Å². The average Bonchev–Trinajstić information content (AvgIpc) is 2.96. The molecule has 1 heterocycles. The van der Waals surface area contributed by atoms with Crippen molar-refractivity contribution in [3.63, 3.8) is 0 Å². The Labute approximate surface area is 175 Å². The van der Waals surface area contributed by atoms with Gasteiger partial charge in [0.25, 0.3) is 0 Å². The van der Waals surface area contributed by atoms with E-state index in [-0.39, 0.29) is 17.8 Å². The number of halogens is 2. The molecule has 0 aromatic heterocycles. The highest BCUT2D eigenvalue weighted by atomic mass is 31.2. The van der Waals surface area contributed by atoms with Gasteiger partial charge in [-0.2, -0.15) is 8.78 Å². The van der Waals surface area contributed by atoms with E-state index in [4.69, 9.17) is 9.79 Å². The zero-order chi connectivity index (χ0) is 22.4. The second kappa shape index (κ2) is 10.5. The number of rotatable bonds is 11. The van der Waals surface area contributed by atoms with Gasteiger partial charge in [0.1, 0.15) is 6.10 Å². The minimum Gasteiger partial charge on any atom is -0.382 e. The van der Waals surface area contributed by atoms with Crippen molar-refractivity contribution in [1.82, 2.24) is 9.80 Å². The maximum atomic E-state index is 14.4. The van der Waals surface area contributed by atoms with Crippen LogP contribution in [-0.4, -0.2) is 69.2 Å². The zero-order valence-electron chi connectivity index (χ0n) is 16.9. The summed E-state index contributed by atoms with van der Waals surface area (Å²) in [5, 5.41) is 10.0. The Balaban J connectivity index is 1.91. The fraction of sp³-hybridized carbons (Fsp3) is 0.550. The average molecular weight is 446 g/mol. The van der Waals surface area contributed by atoms with Gasteiger partial charge in [-0.25, -0.2) is 4.79 Å². The Morgan fingerprint density at radius 1 is 1.20 bits per heavy atom. The first-order valence-electron chi connectivity index (χ1n) is 9.88. The molecule has 10 heteroatoms. The van der Waals surface area contributed by atoms with Crippen molar-refractivity contribution in [3.05, 3.63) is 48.0 Å². The lowest BCUT2D eigenvalue weighted by molar-refractivity contribution is -0.0929. The van der Waals surface area contributed by atoms with Gasteiger partial charge >= 0.3 is 19.5 Å². The Kier molecular flexibility index (Phi) is 8.55. The van der Waals surface area contributed by atoms with Crippen LogP contribution in [0.4, 0.5) is 13.6 Å². The van der Waals surface area contributed by atoms with Crippen molar-refractivity contribution in [2.45, 2.75) is 43.8 Å². The van der Waals surface area contributed by atoms with E-state index in [1.165, 1.54) is 35.2 Å². The lowest BCUT2D eigenvalue weighted by atomic mass is 10.0. The fourth-order valence-corrected chi connectivity index (χ4v) is 4.02. The Hall–Kier alpha value is -1.80. The summed E-state index contributed by atoms with van der Waals surface area (Å²) in [6.45, 7) is 0.733. The number of amides is 2. The van der Waals surface area contributed by atoms with Crippen LogP contribution in [0.15, 0.2) is 42.5 Å². The van der Waals surface area contributed by atoms with E-state index >= 15 is 0 Å². The highest BCUT2D eigenvalue weighted by molar-refractivity contribution is 7.51. The van der Waals surface area contributed by atoms with E-state index in [1.807, 2.05) is 0 Å². The number of urea groups is 1. The fourth-order valence-electron chi connectivity index (χ4n) is 3.38.